The van der Waals surface area contributed by atoms with Crippen LogP contribution in [-0.4, -0.2) is 28.3 Å². The summed E-state index contributed by atoms with van der Waals surface area (Å²) in [5.41, 5.74) is -0.881. The summed E-state index contributed by atoms with van der Waals surface area (Å²) < 4.78 is 13.5. The van der Waals surface area contributed by atoms with Gasteiger partial charge in [-0.15, -0.1) is 0 Å². The van der Waals surface area contributed by atoms with Gasteiger partial charge in [0, 0.05) is 6.07 Å². The molecule has 1 amide bonds. The second-order valence-corrected chi connectivity index (χ2v) is 4.26. The van der Waals surface area contributed by atoms with Crippen LogP contribution in [0.15, 0.2) is 18.2 Å². The molecule has 0 radical (unpaired) electrons. The highest BCUT2D eigenvalue weighted by Gasteiger charge is 2.28. The highest BCUT2D eigenvalue weighted by atomic mass is 19.1. The average Bonchev–Trinajstić information content (AvgIpc) is 2.36. The van der Waals surface area contributed by atoms with Crippen molar-refractivity contribution >= 4 is 5.91 Å². The van der Waals surface area contributed by atoms with E-state index in [1.807, 2.05) is 13.8 Å². The summed E-state index contributed by atoms with van der Waals surface area (Å²) in [6.07, 6.45) is 1.09. The Morgan fingerprint density at radius 1 is 1.39 bits per heavy atom. The van der Waals surface area contributed by atoms with Crippen molar-refractivity contribution in [3.63, 3.8) is 0 Å². The van der Waals surface area contributed by atoms with Gasteiger partial charge in [-0.2, -0.15) is 0 Å². The number of carbonyl (C=O) groups excluding carboxylic acids is 1. The molecular formula is C13H18FNO3. The Labute approximate surface area is 105 Å². The van der Waals surface area contributed by atoms with E-state index in [2.05, 4.69) is 5.32 Å². The fraction of sp³-hybridized carbons (Fsp3) is 0.462. The Morgan fingerprint density at radius 3 is 2.44 bits per heavy atom. The summed E-state index contributed by atoms with van der Waals surface area (Å²) in [6.45, 7) is 3.48. The zero-order valence-electron chi connectivity index (χ0n) is 10.5. The lowest BCUT2D eigenvalue weighted by molar-refractivity contribution is 0.0814. The van der Waals surface area contributed by atoms with E-state index in [0.717, 1.165) is 6.07 Å². The van der Waals surface area contributed by atoms with Crippen LogP contribution >= 0.6 is 0 Å². The molecule has 3 N–H and O–H groups in total. The molecule has 1 aromatic rings. The van der Waals surface area contributed by atoms with Gasteiger partial charge in [-0.3, -0.25) is 4.79 Å². The maximum atomic E-state index is 13.5. The van der Waals surface area contributed by atoms with Crippen LogP contribution in [0.1, 0.15) is 37.0 Å². The number of aromatic hydroxyl groups is 1. The maximum absolute atomic E-state index is 13.5. The Kier molecular flexibility index (Phi) is 4.67. The van der Waals surface area contributed by atoms with Crippen LogP contribution in [-0.2, 0) is 0 Å². The van der Waals surface area contributed by atoms with E-state index in [1.54, 1.807) is 0 Å². The molecule has 1 rings (SSSR count). The molecule has 18 heavy (non-hydrogen) atoms. The molecule has 0 aromatic heterocycles. The third-order valence-corrected chi connectivity index (χ3v) is 3.23. The average molecular weight is 255 g/mol. The monoisotopic (exact) mass is 255 g/mol. The summed E-state index contributed by atoms with van der Waals surface area (Å²) in [6, 6.07) is 3.34. The van der Waals surface area contributed by atoms with E-state index in [4.69, 9.17) is 5.11 Å². The lowest BCUT2D eigenvalue weighted by Crippen LogP contribution is -2.50. The maximum Gasteiger partial charge on any atom is 0.254 e. The summed E-state index contributed by atoms with van der Waals surface area (Å²) >= 11 is 0. The van der Waals surface area contributed by atoms with Crippen LogP contribution in [0.25, 0.3) is 0 Å². The minimum Gasteiger partial charge on any atom is -0.508 e. The third kappa shape index (κ3) is 2.98. The van der Waals surface area contributed by atoms with Gasteiger partial charge < -0.3 is 15.5 Å². The van der Waals surface area contributed by atoms with E-state index in [-0.39, 0.29) is 17.9 Å². The first kappa shape index (κ1) is 14.4. The quantitative estimate of drug-likeness (QED) is 0.751. The first-order valence-corrected chi connectivity index (χ1v) is 5.90. The van der Waals surface area contributed by atoms with Gasteiger partial charge in [0.25, 0.3) is 5.91 Å². The van der Waals surface area contributed by atoms with Gasteiger partial charge in [0.1, 0.15) is 11.6 Å². The molecule has 0 aliphatic heterocycles. The molecule has 0 unspecified atom stereocenters. The van der Waals surface area contributed by atoms with Crippen molar-refractivity contribution in [2.24, 2.45) is 0 Å². The summed E-state index contributed by atoms with van der Waals surface area (Å²) in [7, 11) is 0. The van der Waals surface area contributed by atoms with E-state index in [9.17, 15) is 14.3 Å². The van der Waals surface area contributed by atoms with Gasteiger partial charge >= 0.3 is 0 Å². The number of phenolic OH excluding ortho intramolecular Hbond substituents is 1. The minimum absolute atomic E-state index is 0.146. The first-order chi connectivity index (χ1) is 8.48. The first-order valence-electron chi connectivity index (χ1n) is 5.90. The van der Waals surface area contributed by atoms with Crippen LogP contribution in [0.5, 0.6) is 5.75 Å². The lowest BCUT2D eigenvalue weighted by Gasteiger charge is -2.30. The zero-order chi connectivity index (χ0) is 13.8. The van der Waals surface area contributed by atoms with Gasteiger partial charge in [0.15, 0.2) is 0 Å². The fourth-order valence-electron chi connectivity index (χ4n) is 1.69. The number of hydrogen-bond donors (Lipinski definition) is 3. The molecule has 0 spiro atoms. The normalized spacial score (nSPS) is 11.3. The smallest absolute Gasteiger partial charge is 0.254 e. The van der Waals surface area contributed by atoms with Gasteiger partial charge in [-0.1, -0.05) is 13.8 Å². The molecule has 5 heteroatoms. The predicted octanol–water partition coefficient (Wildman–Crippen LogP) is 1.81. The van der Waals surface area contributed by atoms with Crippen LogP contribution in [0.4, 0.5) is 4.39 Å². The molecule has 0 bridgehead atoms. The van der Waals surface area contributed by atoms with Gasteiger partial charge in [-0.25, -0.2) is 4.39 Å². The van der Waals surface area contributed by atoms with Crippen molar-refractivity contribution in [1.29, 1.82) is 0 Å². The lowest BCUT2D eigenvalue weighted by atomic mass is 9.93. The van der Waals surface area contributed by atoms with Crippen molar-refractivity contribution in [3.8, 4) is 5.75 Å². The molecule has 0 atom stereocenters. The van der Waals surface area contributed by atoms with Crippen LogP contribution in [0.2, 0.25) is 0 Å². The van der Waals surface area contributed by atoms with Crippen LogP contribution < -0.4 is 5.32 Å². The number of halogens is 1. The molecule has 0 heterocycles. The Hall–Kier alpha value is -1.62. The molecule has 0 fully saturated rings. The predicted molar refractivity (Wildman–Crippen MR) is 65.9 cm³/mol. The van der Waals surface area contributed by atoms with Crippen molar-refractivity contribution in [2.75, 3.05) is 6.61 Å². The fourth-order valence-corrected chi connectivity index (χ4v) is 1.69. The number of phenols is 1. The van der Waals surface area contributed by atoms with Gasteiger partial charge in [0.2, 0.25) is 0 Å². The van der Waals surface area contributed by atoms with E-state index >= 15 is 0 Å². The number of nitrogens with one attached hydrogen (secondary N) is 1. The summed E-state index contributed by atoms with van der Waals surface area (Å²) in [5, 5.41) is 21.1. The minimum atomic E-state index is -0.786. The van der Waals surface area contributed by atoms with E-state index < -0.39 is 17.3 Å². The number of hydrogen-bond acceptors (Lipinski definition) is 3. The van der Waals surface area contributed by atoms with Crippen molar-refractivity contribution in [1.82, 2.24) is 5.32 Å². The Morgan fingerprint density at radius 2 is 2.00 bits per heavy atom. The second-order valence-electron chi connectivity index (χ2n) is 4.26. The second kappa shape index (κ2) is 5.82. The number of aliphatic hydroxyl groups excluding tert-OH is 1. The molecule has 0 saturated carbocycles. The van der Waals surface area contributed by atoms with Gasteiger partial charge in [-0.05, 0) is 25.0 Å². The zero-order valence-corrected chi connectivity index (χ0v) is 10.5. The molecule has 0 aliphatic carbocycles. The molecule has 0 aliphatic rings. The number of aliphatic hydroxyl groups is 1. The van der Waals surface area contributed by atoms with E-state index in [0.29, 0.717) is 12.8 Å². The van der Waals surface area contributed by atoms with E-state index in [1.165, 1.54) is 12.1 Å². The van der Waals surface area contributed by atoms with Crippen LogP contribution in [0.3, 0.4) is 0 Å². The van der Waals surface area contributed by atoms with Crippen molar-refractivity contribution < 1.29 is 19.4 Å². The topological polar surface area (TPSA) is 69.6 Å². The SMILES string of the molecule is CCC(CC)(CO)NC(=O)c1ccc(O)cc1F. The van der Waals surface area contributed by atoms with Crippen molar-refractivity contribution in [2.45, 2.75) is 32.2 Å². The summed E-state index contributed by atoms with van der Waals surface area (Å²) in [4.78, 5) is 11.9. The summed E-state index contributed by atoms with van der Waals surface area (Å²) in [5.74, 6) is -1.61. The largest absolute Gasteiger partial charge is 0.508 e. The number of rotatable bonds is 5. The number of amides is 1. The van der Waals surface area contributed by atoms with Crippen molar-refractivity contribution in [3.05, 3.63) is 29.6 Å². The molecular weight excluding hydrogens is 237 g/mol. The Balaban J connectivity index is 2.94. The van der Waals surface area contributed by atoms with Crippen LogP contribution in [0, 0.1) is 5.82 Å². The highest BCUT2D eigenvalue weighted by molar-refractivity contribution is 5.95. The number of carbonyl (C=O) groups is 1. The molecule has 0 saturated heterocycles. The number of benzene rings is 1. The standard InChI is InChI=1S/C13H18FNO3/c1-3-13(4-2,8-16)15-12(18)10-6-5-9(17)7-11(10)14/h5-7,16-17H,3-4,8H2,1-2H3,(H,15,18). The van der Waals surface area contributed by atoms with Gasteiger partial charge in [0.05, 0.1) is 17.7 Å². The third-order valence-electron chi connectivity index (χ3n) is 3.23. The Bertz CT molecular complexity index is 422. The molecule has 100 valence electrons. The molecule has 1 aromatic carbocycles. The highest BCUT2D eigenvalue weighted by Crippen LogP contribution is 2.18. The molecule has 4 nitrogen and oxygen atoms in total.